The van der Waals surface area contributed by atoms with Gasteiger partial charge < -0.3 is 14.8 Å². The molecule has 0 radical (unpaired) electrons. The number of hydrogen-bond donors (Lipinski definition) is 1. The lowest BCUT2D eigenvalue weighted by Crippen LogP contribution is -2.39. The van der Waals surface area contributed by atoms with Crippen molar-refractivity contribution in [3.8, 4) is 11.3 Å². The Morgan fingerprint density at radius 2 is 1.81 bits per heavy atom. The first-order valence-corrected chi connectivity index (χ1v) is 8.01. The molecule has 0 bridgehead atoms. The minimum absolute atomic E-state index is 0.275. The van der Waals surface area contributed by atoms with Crippen molar-refractivity contribution in [1.82, 2.24) is 10.3 Å². The number of carbonyl (C=O) groups is 3. The molecule has 1 amide bonds. The number of ether oxygens (including phenoxy) is 2. The Morgan fingerprint density at radius 3 is 2.42 bits per heavy atom. The van der Waals surface area contributed by atoms with Crippen LogP contribution < -0.4 is 5.32 Å². The first-order chi connectivity index (χ1) is 12.4. The van der Waals surface area contributed by atoms with Crippen molar-refractivity contribution in [1.29, 1.82) is 0 Å². The first kappa shape index (κ1) is 19.1. The number of aromatic nitrogens is 1. The summed E-state index contributed by atoms with van der Waals surface area (Å²) in [6.07, 6.45) is -1.06. The Morgan fingerprint density at radius 1 is 1.12 bits per heavy atom. The molecular weight excluding hydrogens is 336 g/mol. The van der Waals surface area contributed by atoms with E-state index in [0.717, 1.165) is 11.3 Å². The zero-order valence-corrected chi connectivity index (χ0v) is 14.8. The van der Waals surface area contributed by atoms with Crippen LogP contribution in [0.3, 0.4) is 0 Å². The highest BCUT2D eigenvalue weighted by Crippen LogP contribution is 2.19. The number of carbonyl (C=O) groups excluding carboxylic acids is 3. The number of nitrogens with zero attached hydrogens (tertiary/aromatic N) is 1. The van der Waals surface area contributed by atoms with Gasteiger partial charge in [0.05, 0.1) is 24.1 Å². The van der Waals surface area contributed by atoms with Gasteiger partial charge in [-0.1, -0.05) is 30.3 Å². The maximum Gasteiger partial charge on any atom is 0.340 e. The minimum atomic E-state index is -1.06. The van der Waals surface area contributed by atoms with Crippen molar-refractivity contribution in [3.05, 3.63) is 53.7 Å². The molecular formula is C19H20N2O5. The van der Waals surface area contributed by atoms with Gasteiger partial charge in [0.25, 0.3) is 5.91 Å². The molecule has 7 heteroatoms. The van der Waals surface area contributed by atoms with Gasteiger partial charge in [-0.15, -0.1) is 0 Å². The highest BCUT2D eigenvalue weighted by molar-refractivity contribution is 5.93. The molecule has 0 fully saturated rings. The maximum absolute atomic E-state index is 12.3. The molecule has 1 heterocycles. The summed E-state index contributed by atoms with van der Waals surface area (Å²) in [5.74, 6) is -1.83. The summed E-state index contributed by atoms with van der Waals surface area (Å²) in [5, 5.41) is 2.33. The standard InChI is InChI=1S/C19H20N2O5/c1-12-15(9-10-16(21-12)14-7-5-4-6-8-14)19(24)26-13(2)18(23)20-11-17(22)25-3/h4-10,13H,11H2,1-3H3,(H,20,23)/t13-/m1/s1. The number of methoxy groups -OCH3 is 1. The Balaban J connectivity index is 2.03. The molecule has 2 rings (SSSR count). The Kier molecular flexibility index (Phi) is 6.43. The van der Waals surface area contributed by atoms with Crippen LogP contribution in [-0.2, 0) is 19.1 Å². The fourth-order valence-electron chi connectivity index (χ4n) is 2.20. The zero-order valence-electron chi connectivity index (χ0n) is 14.8. The van der Waals surface area contributed by atoms with E-state index in [-0.39, 0.29) is 12.1 Å². The molecule has 0 aliphatic carbocycles. The van der Waals surface area contributed by atoms with E-state index in [1.807, 2.05) is 30.3 Å². The molecule has 1 aromatic heterocycles. The molecule has 0 saturated carbocycles. The van der Waals surface area contributed by atoms with E-state index in [9.17, 15) is 14.4 Å². The number of rotatable bonds is 6. The predicted octanol–water partition coefficient (Wildman–Crippen LogP) is 1.89. The van der Waals surface area contributed by atoms with E-state index in [1.54, 1.807) is 19.1 Å². The molecule has 0 saturated heterocycles. The second-order valence-electron chi connectivity index (χ2n) is 5.54. The van der Waals surface area contributed by atoms with Crippen LogP contribution in [0, 0.1) is 6.92 Å². The van der Waals surface area contributed by atoms with Crippen LogP contribution in [-0.4, -0.2) is 42.6 Å². The van der Waals surface area contributed by atoms with E-state index in [4.69, 9.17) is 4.74 Å². The third-order valence-electron chi connectivity index (χ3n) is 3.66. The smallest absolute Gasteiger partial charge is 0.340 e. The number of aryl methyl sites for hydroxylation is 1. The third-order valence-corrected chi connectivity index (χ3v) is 3.66. The van der Waals surface area contributed by atoms with Crippen LogP contribution in [0.25, 0.3) is 11.3 Å². The van der Waals surface area contributed by atoms with Crippen molar-refractivity contribution in [2.75, 3.05) is 13.7 Å². The second kappa shape index (κ2) is 8.75. The van der Waals surface area contributed by atoms with Gasteiger partial charge >= 0.3 is 11.9 Å². The van der Waals surface area contributed by atoms with Gasteiger partial charge in [-0.2, -0.15) is 0 Å². The maximum atomic E-state index is 12.3. The van der Waals surface area contributed by atoms with E-state index < -0.39 is 23.9 Å². The molecule has 136 valence electrons. The van der Waals surface area contributed by atoms with Gasteiger partial charge in [-0.05, 0) is 26.0 Å². The molecule has 0 unspecified atom stereocenters. The van der Waals surface area contributed by atoms with Gasteiger partial charge in [0.2, 0.25) is 0 Å². The van der Waals surface area contributed by atoms with Gasteiger partial charge in [0, 0.05) is 5.56 Å². The summed E-state index contributed by atoms with van der Waals surface area (Å²) < 4.78 is 9.57. The number of esters is 2. The van der Waals surface area contributed by atoms with Crippen LogP contribution in [0.2, 0.25) is 0 Å². The van der Waals surface area contributed by atoms with E-state index in [2.05, 4.69) is 15.0 Å². The molecule has 1 aromatic carbocycles. The van der Waals surface area contributed by atoms with Gasteiger partial charge in [0.15, 0.2) is 6.10 Å². The highest BCUT2D eigenvalue weighted by atomic mass is 16.5. The first-order valence-electron chi connectivity index (χ1n) is 8.01. The molecule has 7 nitrogen and oxygen atoms in total. The number of nitrogens with one attached hydrogen (secondary N) is 1. The lowest BCUT2D eigenvalue weighted by Gasteiger charge is -2.14. The summed E-state index contributed by atoms with van der Waals surface area (Å²) in [7, 11) is 1.22. The lowest BCUT2D eigenvalue weighted by molar-refractivity contribution is -0.142. The van der Waals surface area contributed by atoms with Crippen molar-refractivity contribution in [2.24, 2.45) is 0 Å². The van der Waals surface area contributed by atoms with E-state index in [0.29, 0.717) is 5.69 Å². The molecule has 1 atom stereocenters. The van der Waals surface area contributed by atoms with E-state index >= 15 is 0 Å². The second-order valence-corrected chi connectivity index (χ2v) is 5.54. The fourth-order valence-corrected chi connectivity index (χ4v) is 2.20. The van der Waals surface area contributed by atoms with Crippen molar-refractivity contribution < 1.29 is 23.9 Å². The summed E-state index contributed by atoms with van der Waals surface area (Å²) in [5.41, 5.74) is 2.45. The number of amides is 1. The fraction of sp³-hybridized carbons (Fsp3) is 0.263. The predicted molar refractivity (Wildman–Crippen MR) is 94.3 cm³/mol. The largest absolute Gasteiger partial charge is 0.468 e. The summed E-state index contributed by atoms with van der Waals surface area (Å²) in [6.45, 7) is 2.83. The zero-order chi connectivity index (χ0) is 19.1. The monoisotopic (exact) mass is 356 g/mol. The summed E-state index contributed by atoms with van der Waals surface area (Å²) in [6, 6.07) is 12.9. The average molecular weight is 356 g/mol. The minimum Gasteiger partial charge on any atom is -0.468 e. The molecule has 1 N–H and O–H groups in total. The Labute approximate surface area is 151 Å². The lowest BCUT2D eigenvalue weighted by atomic mass is 10.1. The van der Waals surface area contributed by atoms with Crippen LogP contribution in [0.4, 0.5) is 0 Å². The number of hydrogen-bond acceptors (Lipinski definition) is 6. The van der Waals surface area contributed by atoms with Gasteiger partial charge in [0.1, 0.15) is 6.54 Å². The average Bonchev–Trinajstić information content (AvgIpc) is 2.66. The number of benzene rings is 1. The SMILES string of the molecule is COC(=O)CNC(=O)[C@@H](C)OC(=O)c1ccc(-c2ccccc2)nc1C. The molecule has 2 aromatic rings. The summed E-state index contributed by atoms with van der Waals surface area (Å²) in [4.78, 5) is 39.6. The van der Waals surface area contributed by atoms with Gasteiger partial charge in [-0.25, -0.2) is 4.79 Å². The summed E-state index contributed by atoms with van der Waals surface area (Å²) >= 11 is 0. The highest BCUT2D eigenvalue weighted by Gasteiger charge is 2.21. The van der Waals surface area contributed by atoms with Crippen molar-refractivity contribution in [3.63, 3.8) is 0 Å². The van der Waals surface area contributed by atoms with Crippen LogP contribution in [0.1, 0.15) is 23.0 Å². The molecule has 0 spiro atoms. The van der Waals surface area contributed by atoms with Gasteiger partial charge in [-0.3, -0.25) is 14.6 Å². The molecule has 0 aliphatic heterocycles. The van der Waals surface area contributed by atoms with Crippen molar-refractivity contribution >= 4 is 17.8 Å². The van der Waals surface area contributed by atoms with E-state index in [1.165, 1.54) is 14.0 Å². The topological polar surface area (TPSA) is 94.6 Å². The van der Waals surface area contributed by atoms with Crippen LogP contribution >= 0.6 is 0 Å². The Hall–Kier alpha value is -3.22. The third kappa shape index (κ3) is 4.89. The quantitative estimate of drug-likeness (QED) is 0.794. The molecule has 0 aliphatic rings. The normalized spacial score (nSPS) is 11.3. The number of pyridine rings is 1. The molecule has 26 heavy (non-hydrogen) atoms. The van der Waals surface area contributed by atoms with Crippen LogP contribution in [0.5, 0.6) is 0 Å². The van der Waals surface area contributed by atoms with Crippen LogP contribution in [0.15, 0.2) is 42.5 Å². The Bertz CT molecular complexity index is 805. The van der Waals surface area contributed by atoms with Crippen molar-refractivity contribution in [2.45, 2.75) is 20.0 Å².